The Labute approximate surface area is 165 Å². The SMILES string of the molecule is O=C(O)Cn1cc(NC(=O)COc2ccc(Oc3ccccc3)cc2)ccc1=O. The molecular weight excluding hydrogens is 376 g/mol. The minimum absolute atomic E-state index is 0.253. The molecule has 29 heavy (non-hydrogen) atoms. The van der Waals surface area contributed by atoms with Gasteiger partial charge in [0.15, 0.2) is 6.61 Å². The zero-order chi connectivity index (χ0) is 20.6. The number of rotatable bonds is 8. The largest absolute Gasteiger partial charge is 0.484 e. The summed E-state index contributed by atoms with van der Waals surface area (Å²) in [4.78, 5) is 34.4. The minimum atomic E-state index is -1.15. The van der Waals surface area contributed by atoms with Crippen molar-refractivity contribution in [2.75, 3.05) is 11.9 Å². The maximum Gasteiger partial charge on any atom is 0.323 e. The number of aromatic nitrogens is 1. The van der Waals surface area contributed by atoms with Crippen LogP contribution in [-0.2, 0) is 16.1 Å². The van der Waals surface area contributed by atoms with Crippen LogP contribution in [-0.4, -0.2) is 28.2 Å². The molecule has 148 valence electrons. The molecule has 0 bridgehead atoms. The first-order chi connectivity index (χ1) is 14.0. The van der Waals surface area contributed by atoms with Gasteiger partial charge in [-0.3, -0.25) is 14.4 Å². The van der Waals surface area contributed by atoms with E-state index >= 15 is 0 Å². The smallest absolute Gasteiger partial charge is 0.323 e. The number of pyridine rings is 1. The molecule has 1 heterocycles. The van der Waals surface area contributed by atoms with Crippen molar-refractivity contribution in [2.24, 2.45) is 0 Å². The molecule has 0 saturated carbocycles. The summed E-state index contributed by atoms with van der Waals surface area (Å²) in [6.07, 6.45) is 1.27. The molecule has 0 atom stereocenters. The van der Waals surface area contributed by atoms with E-state index in [1.54, 1.807) is 24.3 Å². The number of carboxylic acids is 1. The molecule has 0 radical (unpaired) electrons. The summed E-state index contributed by atoms with van der Waals surface area (Å²) in [7, 11) is 0. The summed E-state index contributed by atoms with van der Waals surface area (Å²) < 4.78 is 12.1. The lowest BCUT2D eigenvalue weighted by Gasteiger charge is -2.10. The predicted octanol–water partition coefficient (Wildman–Crippen LogP) is 2.74. The Morgan fingerprint density at radius 1 is 0.897 bits per heavy atom. The van der Waals surface area contributed by atoms with Gasteiger partial charge in [0.05, 0.1) is 5.69 Å². The van der Waals surface area contributed by atoms with Crippen molar-refractivity contribution in [3.8, 4) is 17.2 Å². The second-order valence-electron chi connectivity index (χ2n) is 6.00. The third-order valence-electron chi connectivity index (χ3n) is 3.75. The van der Waals surface area contributed by atoms with Gasteiger partial charge in [0.25, 0.3) is 11.5 Å². The van der Waals surface area contributed by atoms with Gasteiger partial charge >= 0.3 is 5.97 Å². The van der Waals surface area contributed by atoms with E-state index in [4.69, 9.17) is 14.6 Å². The average Bonchev–Trinajstić information content (AvgIpc) is 2.70. The highest BCUT2D eigenvalue weighted by molar-refractivity contribution is 5.91. The van der Waals surface area contributed by atoms with Gasteiger partial charge in [0.1, 0.15) is 23.8 Å². The van der Waals surface area contributed by atoms with Gasteiger partial charge < -0.3 is 24.5 Å². The molecule has 0 unspecified atom stereocenters. The van der Waals surface area contributed by atoms with Crippen LogP contribution in [0.3, 0.4) is 0 Å². The highest BCUT2D eigenvalue weighted by Gasteiger charge is 2.07. The van der Waals surface area contributed by atoms with Gasteiger partial charge in [-0.2, -0.15) is 0 Å². The topological polar surface area (TPSA) is 107 Å². The van der Waals surface area contributed by atoms with Crippen LogP contribution in [0.1, 0.15) is 0 Å². The number of amides is 1. The third kappa shape index (κ3) is 5.96. The van der Waals surface area contributed by atoms with Crippen molar-refractivity contribution < 1.29 is 24.2 Å². The number of carbonyl (C=O) groups is 2. The maximum absolute atomic E-state index is 12.0. The van der Waals surface area contributed by atoms with E-state index < -0.39 is 24.0 Å². The number of nitrogens with zero attached hydrogens (tertiary/aromatic N) is 1. The lowest BCUT2D eigenvalue weighted by molar-refractivity contribution is -0.137. The second-order valence-corrected chi connectivity index (χ2v) is 6.00. The number of nitrogens with one attached hydrogen (secondary N) is 1. The Morgan fingerprint density at radius 2 is 1.55 bits per heavy atom. The van der Waals surface area contributed by atoms with Crippen molar-refractivity contribution in [1.29, 1.82) is 0 Å². The number of anilines is 1. The molecule has 0 aliphatic rings. The van der Waals surface area contributed by atoms with Crippen LogP contribution in [0.4, 0.5) is 5.69 Å². The van der Waals surface area contributed by atoms with E-state index in [9.17, 15) is 14.4 Å². The summed E-state index contributed by atoms with van der Waals surface area (Å²) in [6.45, 7) is -0.743. The molecule has 2 N–H and O–H groups in total. The molecule has 0 aliphatic carbocycles. The Morgan fingerprint density at radius 3 is 2.24 bits per heavy atom. The van der Waals surface area contributed by atoms with E-state index in [-0.39, 0.29) is 6.61 Å². The Balaban J connectivity index is 1.53. The zero-order valence-electron chi connectivity index (χ0n) is 15.3. The van der Waals surface area contributed by atoms with E-state index in [0.29, 0.717) is 22.9 Å². The normalized spacial score (nSPS) is 10.2. The molecule has 8 nitrogen and oxygen atoms in total. The van der Waals surface area contributed by atoms with Gasteiger partial charge in [-0.05, 0) is 42.5 Å². The number of ether oxygens (including phenoxy) is 2. The summed E-state index contributed by atoms with van der Waals surface area (Å²) in [6, 6.07) is 18.7. The molecule has 1 aromatic heterocycles. The third-order valence-corrected chi connectivity index (χ3v) is 3.75. The van der Waals surface area contributed by atoms with Gasteiger partial charge in [0, 0.05) is 12.3 Å². The lowest BCUT2D eigenvalue weighted by atomic mass is 10.3. The molecule has 3 aromatic rings. The maximum atomic E-state index is 12.0. The quantitative estimate of drug-likeness (QED) is 0.608. The number of para-hydroxylation sites is 1. The molecular formula is C21H18N2O6. The zero-order valence-corrected chi connectivity index (χ0v) is 15.3. The van der Waals surface area contributed by atoms with Gasteiger partial charge in [-0.1, -0.05) is 18.2 Å². The first-order valence-electron chi connectivity index (χ1n) is 8.67. The molecule has 3 rings (SSSR count). The van der Waals surface area contributed by atoms with Crippen LogP contribution in [0.25, 0.3) is 0 Å². The van der Waals surface area contributed by atoms with Crippen molar-refractivity contribution in [3.05, 3.63) is 83.3 Å². The Kier molecular flexibility index (Phi) is 6.26. The standard InChI is InChI=1S/C21H18N2O6/c24-19(22-15-6-11-20(25)23(12-15)13-21(26)27)14-28-16-7-9-18(10-8-16)29-17-4-2-1-3-5-17/h1-12H,13-14H2,(H,22,24)(H,26,27). The van der Waals surface area contributed by atoms with Crippen molar-refractivity contribution in [1.82, 2.24) is 4.57 Å². The number of benzene rings is 2. The molecule has 1 amide bonds. The van der Waals surface area contributed by atoms with Crippen LogP contribution >= 0.6 is 0 Å². The lowest BCUT2D eigenvalue weighted by Crippen LogP contribution is -2.25. The molecule has 0 fully saturated rings. The summed E-state index contributed by atoms with van der Waals surface area (Å²) >= 11 is 0. The van der Waals surface area contributed by atoms with Crippen LogP contribution in [0.2, 0.25) is 0 Å². The monoisotopic (exact) mass is 394 g/mol. The molecule has 0 saturated heterocycles. The summed E-state index contributed by atoms with van der Waals surface area (Å²) in [5, 5.41) is 11.4. The number of hydrogen-bond donors (Lipinski definition) is 2. The average molecular weight is 394 g/mol. The van der Waals surface area contributed by atoms with Crippen LogP contribution in [0, 0.1) is 0 Å². The first kappa shape index (κ1) is 19.7. The first-order valence-corrected chi connectivity index (χ1v) is 8.67. The fourth-order valence-corrected chi connectivity index (χ4v) is 2.45. The highest BCUT2D eigenvalue weighted by Crippen LogP contribution is 2.23. The van der Waals surface area contributed by atoms with E-state index in [0.717, 1.165) is 4.57 Å². The summed E-state index contributed by atoms with van der Waals surface area (Å²) in [5.41, 5.74) is -0.175. The van der Waals surface area contributed by atoms with Crippen molar-refractivity contribution in [3.63, 3.8) is 0 Å². The fourth-order valence-electron chi connectivity index (χ4n) is 2.45. The van der Waals surface area contributed by atoms with Gasteiger partial charge in [0.2, 0.25) is 0 Å². The van der Waals surface area contributed by atoms with Crippen molar-refractivity contribution in [2.45, 2.75) is 6.54 Å². The summed E-state index contributed by atoms with van der Waals surface area (Å²) in [5.74, 6) is 0.226. The van der Waals surface area contributed by atoms with Gasteiger partial charge in [-0.25, -0.2) is 0 Å². The fraction of sp³-hybridized carbons (Fsp3) is 0.0952. The molecule has 8 heteroatoms. The van der Waals surface area contributed by atoms with E-state index in [2.05, 4.69) is 5.32 Å². The van der Waals surface area contributed by atoms with Crippen LogP contribution in [0.15, 0.2) is 77.7 Å². The second kappa shape index (κ2) is 9.23. The molecule has 0 aliphatic heterocycles. The van der Waals surface area contributed by atoms with Gasteiger partial charge in [-0.15, -0.1) is 0 Å². The number of carbonyl (C=O) groups excluding carboxylic acids is 1. The minimum Gasteiger partial charge on any atom is -0.484 e. The van der Waals surface area contributed by atoms with Crippen LogP contribution < -0.4 is 20.3 Å². The number of hydrogen-bond acceptors (Lipinski definition) is 5. The predicted molar refractivity (Wildman–Crippen MR) is 105 cm³/mol. The Hall–Kier alpha value is -4.07. The van der Waals surface area contributed by atoms with E-state index in [1.807, 2.05) is 30.3 Å². The number of aliphatic carboxylic acids is 1. The molecule has 0 spiro atoms. The van der Waals surface area contributed by atoms with Crippen LogP contribution in [0.5, 0.6) is 17.2 Å². The number of carboxylic acid groups (broad SMARTS) is 1. The Bertz CT molecular complexity index is 1040. The van der Waals surface area contributed by atoms with Crippen molar-refractivity contribution >= 4 is 17.6 Å². The van der Waals surface area contributed by atoms with E-state index in [1.165, 1.54) is 18.3 Å². The molecule has 2 aromatic carbocycles. The highest BCUT2D eigenvalue weighted by atomic mass is 16.5.